The number of anilines is 2. The number of aliphatic hydroxyl groups excluding tert-OH is 1. The molecule has 0 spiro atoms. The van der Waals surface area contributed by atoms with E-state index in [1.54, 1.807) is 10.9 Å². The van der Waals surface area contributed by atoms with Crippen LogP contribution in [0.2, 0.25) is 0 Å². The SMILES string of the molecule is C[C@@H](Cc1ccccc1)Nc1nc(N)c2ncn([C@@H]3O[C@H](CO)[C@H]4OC(C)(C)O[C@H]43)c2n1. The summed E-state index contributed by atoms with van der Waals surface area (Å²) in [5, 5.41) is 13.1. The van der Waals surface area contributed by atoms with Crippen LogP contribution in [0, 0.1) is 0 Å². The van der Waals surface area contributed by atoms with E-state index in [9.17, 15) is 5.11 Å². The molecule has 0 radical (unpaired) electrons. The molecule has 2 aromatic heterocycles. The number of fused-ring (bicyclic) bond motifs is 2. The van der Waals surface area contributed by atoms with Crippen molar-refractivity contribution in [1.29, 1.82) is 0 Å². The second-order valence-corrected chi connectivity index (χ2v) is 8.80. The minimum atomic E-state index is -0.769. The van der Waals surface area contributed by atoms with Crippen molar-refractivity contribution >= 4 is 22.9 Å². The van der Waals surface area contributed by atoms with Crippen LogP contribution in [0.5, 0.6) is 0 Å². The topological polar surface area (TPSA) is 130 Å². The fourth-order valence-corrected chi connectivity index (χ4v) is 4.46. The van der Waals surface area contributed by atoms with Crippen LogP contribution in [0.3, 0.4) is 0 Å². The maximum absolute atomic E-state index is 9.78. The number of hydrogen-bond donors (Lipinski definition) is 3. The van der Waals surface area contributed by atoms with E-state index in [0.717, 1.165) is 6.42 Å². The molecular formula is C22H28N6O4. The van der Waals surface area contributed by atoms with Crippen LogP contribution in [-0.4, -0.2) is 61.4 Å². The van der Waals surface area contributed by atoms with Crippen LogP contribution in [0.1, 0.15) is 32.6 Å². The number of hydrogen-bond acceptors (Lipinski definition) is 9. The molecule has 0 amide bonds. The minimum absolute atomic E-state index is 0.0869. The number of nitrogens with two attached hydrogens (primary N) is 1. The summed E-state index contributed by atoms with van der Waals surface area (Å²) in [7, 11) is 0. The van der Waals surface area contributed by atoms with Gasteiger partial charge in [-0.15, -0.1) is 0 Å². The molecule has 32 heavy (non-hydrogen) atoms. The molecule has 5 rings (SSSR count). The van der Waals surface area contributed by atoms with Gasteiger partial charge in [0, 0.05) is 6.04 Å². The summed E-state index contributed by atoms with van der Waals surface area (Å²) in [6.07, 6.45) is 0.558. The Morgan fingerprint density at radius 1 is 1.19 bits per heavy atom. The maximum Gasteiger partial charge on any atom is 0.226 e. The summed E-state index contributed by atoms with van der Waals surface area (Å²) in [5.74, 6) is -0.0768. The van der Waals surface area contributed by atoms with Gasteiger partial charge < -0.3 is 30.4 Å². The van der Waals surface area contributed by atoms with Crippen LogP contribution in [0.15, 0.2) is 36.7 Å². The fraction of sp³-hybridized carbons (Fsp3) is 0.500. The van der Waals surface area contributed by atoms with E-state index in [1.165, 1.54) is 5.56 Å². The van der Waals surface area contributed by atoms with Gasteiger partial charge >= 0.3 is 0 Å². The summed E-state index contributed by atoms with van der Waals surface area (Å²) < 4.78 is 19.9. The number of aliphatic hydroxyl groups is 1. The van der Waals surface area contributed by atoms with Crippen molar-refractivity contribution < 1.29 is 19.3 Å². The molecule has 4 heterocycles. The van der Waals surface area contributed by atoms with Gasteiger partial charge in [-0.05, 0) is 32.8 Å². The monoisotopic (exact) mass is 440 g/mol. The van der Waals surface area contributed by atoms with E-state index < -0.39 is 24.2 Å². The zero-order chi connectivity index (χ0) is 22.5. The van der Waals surface area contributed by atoms with Crippen LogP contribution in [-0.2, 0) is 20.6 Å². The summed E-state index contributed by atoms with van der Waals surface area (Å²) in [6, 6.07) is 10.3. The highest BCUT2D eigenvalue weighted by atomic mass is 16.8. The number of nitrogens with zero attached hydrogens (tertiary/aromatic N) is 4. The first-order valence-electron chi connectivity index (χ1n) is 10.8. The van der Waals surface area contributed by atoms with Crippen molar-refractivity contribution in [1.82, 2.24) is 19.5 Å². The van der Waals surface area contributed by atoms with E-state index in [1.807, 2.05) is 32.0 Å². The van der Waals surface area contributed by atoms with Gasteiger partial charge in [0.1, 0.15) is 23.8 Å². The third-order valence-corrected chi connectivity index (χ3v) is 5.79. The molecule has 4 N–H and O–H groups in total. The highest BCUT2D eigenvalue weighted by Crippen LogP contribution is 2.43. The smallest absolute Gasteiger partial charge is 0.226 e. The van der Waals surface area contributed by atoms with E-state index in [4.69, 9.17) is 19.9 Å². The number of ether oxygens (including phenoxy) is 3. The van der Waals surface area contributed by atoms with Crippen molar-refractivity contribution in [3.8, 4) is 0 Å². The maximum atomic E-state index is 9.78. The van der Waals surface area contributed by atoms with E-state index in [0.29, 0.717) is 17.1 Å². The summed E-state index contributed by atoms with van der Waals surface area (Å²) in [5.41, 5.74) is 8.43. The fourth-order valence-electron chi connectivity index (χ4n) is 4.46. The number of rotatable bonds is 6. The molecular weight excluding hydrogens is 412 g/mol. The zero-order valence-corrected chi connectivity index (χ0v) is 18.3. The Hall–Kier alpha value is -2.79. The predicted molar refractivity (Wildman–Crippen MR) is 118 cm³/mol. The average Bonchev–Trinajstić information content (AvgIpc) is 3.39. The van der Waals surface area contributed by atoms with E-state index in [-0.39, 0.29) is 24.6 Å². The second kappa shape index (κ2) is 7.96. The normalized spacial score (nSPS) is 27.5. The molecule has 2 fully saturated rings. The zero-order valence-electron chi connectivity index (χ0n) is 18.3. The largest absolute Gasteiger partial charge is 0.394 e. The summed E-state index contributed by atoms with van der Waals surface area (Å²) in [6.45, 7) is 5.58. The van der Waals surface area contributed by atoms with Crippen molar-refractivity contribution in [2.45, 2.75) is 63.6 Å². The minimum Gasteiger partial charge on any atom is -0.394 e. The second-order valence-electron chi connectivity index (χ2n) is 8.80. The van der Waals surface area contributed by atoms with Crippen LogP contribution >= 0.6 is 0 Å². The number of nitrogen functional groups attached to an aromatic ring is 1. The Labute approximate surface area is 185 Å². The van der Waals surface area contributed by atoms with Gasteiger partial charge in [-0.1, -0.05) is 30.3 Å². The molecule has 170 valence electrons. The lowest BCUT2D eigenvalue weighted by Gasteiger charge is -2.24. The van der Waals surface area contributed by atoms with Crippen molar-refractivity contribution in [2.75, 3.05) is 17.7 Å². The quantitative estimate of drug-likeness (QED) is 0.526. The highest BCUT2D eigenvalue weighted by molar-refractivity contribution is 5.83. The first-order chi connectivity index (χ1) is 15.3. The Morgan fingerprint density at radius 2 is 1.94 bits per heavy atom. The number of imidazole rings is 1. The standard InChI is InChI=1S/C22H28N6O4/c1-12(9-13-7-5-4-6-8-13)25-21-26-18(23)15-19(27-21)28(11-24-15)20-17-16(14(10-29)30-20)31-22(2,3)32-17/h4-8,11-12,14,16-17,20,29H,9-10H2,1-3H3,(H3,23,25,26,27)/t12-,14+,16+,17+,20+/m0/s1. The van der Waals surface area contributed by atoms with Crippen LogP contribution < -0.4 is 11.1 Å². The molecule has 2 aliphatic rings. The molecule has 5 atom stereocenters. The Kier molecular flexibility index (Phi) is 5.25. The molecule has 1 aromatic carbocycles. The molecule has 0 bridgehead atoms. The molecule has 3 aromatic rings. The van der Waals surface area contributed by atoms with Crippen molar-refractivity contribution in [3.05, 3.63) is 42.2 Å². The first-order valence-corrected chi connectivity index (χ1v) is 10.8. The third kappa shape index (κ3) is 3.79. The molecule has 2 aliphatic heterocycles. The van der Waals surface area contributed by atoms with Crippen molar-refractivity contribution in [2.24, 2.45) is 0 Å². The highest BCUT2D eigenvalue weighted by Gasteiger charge is 2.56. The number of benzene rings is 1. The predicted octanol–water partition coefficient (Wildman–Crippen LogP) is 1.86. The third-order valence-electron chi connectivity index (χ3n) is 5.79. The Balaban J connectivity index is 1.43. The van der Waals surface area contributed by atoms with E-state index >= 15 is 0 Å². The molecule has 10 nitrogen and oxygen atoms in total. The lowest BCUT2D eigenvalue weighted by Crippen LogP contribution is -2.31. The average molecular weight is 441 g/mol. The van der Waals surface area contributed by atoms with Gasteiger partial charge in [0.2, 0.25) is 5.95 Å². The molecule has 0 saturated carbocycles. The van der Waals surface area contributed by atoms with Gasteiger partial charge in [0.05, 0.1) is 12.9 Å². The van der Waals surface area contributed by atoms with Gasteiger partial charge in [-0.2, -0.15) is 9.97 Å². The first kappa shape index (κ1) is 21.1. The van der Waals surface area contributed by atoms with Crippen LogP contribution in [0.25, 0.3) is 11.2 Å². The molecule has 2 saturated heterocycles. The van der Waals surface area contributed by atoms with Gasteiger partial charge in [0.25, 0.3) is 0 Å². The molecule has 10 heteroatoms. The van der Waals surface area contributed by atoms with Crippen LogP contribution in [0.4, 0.5) is 11.8 Å². The van der Waals surface area contributed by atoms with Crippen molar-refractivity contribution in [3.63, 3.8) is 0 Å². The van der Waals surface area contributed by atoms with E-state index in [2.05, 4.69) is 39.3 Å². The lowest BCUT2D eigenvalue weighted by atomic mass is 10.1. The summed E-state index contributed by atoms with van der Waals surface area (Å²) >= 11 is 0. The Bertz CT molecular complexity index is 1100. The van der Waals surface area contributed by atoms with Gasteiger partial charge in [-0.25, -0.2) is 4.98 Å². The Morgan fingerprint density at radius 3 is 2.69 bits per heavy atom. The summed E-state index contributed by atoms with van der Waals surface area (Å²) in [4.78, 5) is 13.5. The number of nitrogens with one attached hydrogen (secondary N) is 1. The lowest BCUT2D eigenvalue weighted by molar-refractivity contribution is -0.199. The van der Waals surface area contributed by atoms with Gasteiger partial charge in [0.15, 0.2) is 23.5 Å². The van der Waals surface area contributed by atoms with Gasteiger partial charge in [-0.3, -0.25) is 4.57 Å². The molecule has 0 unspecified atom stereocenters. The molecule has 0 aliphatic carbocycles. The number of aromatic nitrogens is 4.